The molecule has 1 atom stereocenters. The number of carbonyl (C=O) groups is 1. The number of ether oxygens (including phenoxy) is 1. The van der Waals surface area contributed by atoms with Gasteiger partial charge in [0.2, 0.25) is 0 Å². The highest BCUT2D eigenvalue weighted by molar-refractivity contribution is 5.67. The van der Waals surface area contributed by atoms with Crippen molar-refractivity contribution in [3.63, 3.8) is 0 Å². The lowest BCUT2D eigenvalue weighted by Crippen LogP contribution is -2.28. The van der Waals surface area contributed by atoms with Crippen LogP contribution in [0, 0.1) is 6.92 Å². The maximum absolute atomic E-state index is 11.3. The molecule has 0 spiro atoms. The lowest BCUT2D eigenvalue weighted by molar-refractivity contribution is 0.170. The van der Waals surface area contributed by atoms with Gasteiger partial charge in [0, 0.05) is 30.8 Å². The van der Waals surface area contributed by atoms with Gasteiger partial charge in [-0.2, -0.15) is 5.10 Å². The first-order chi connectivity index (χ1) is 9.63. The van der Waals surface area contributed by atoms with Crippen LogP contribution in [-0.2, 0) is 11.8 Å². The minimum Gasteiger partial charge on any atom is -0.453 e. The summed E-state index contributed by atoms with van der Waals surface area (Å²) in [5.41, 5.74) is 3.33. The third kappa shape index (κ3) is 2.99. The largest absolute Gasteiger partial charge is 0.453 e. The quantitative estimate of drug-likeness (QED) is 0.929. The van der Waals surface area contributed by atoms with Gasteiger partial charge < -0.3 is 10.1 Å². The Bertz CT molecular complexity index is 578. The molecule has 0 radical (unpaired) electrons. The van der Waals surface area contributed by atoms with Gasteiger partial charge in [-0.15, -0.1) is 0 Å². The van der Waals surface area contributed by atoms with Crippen molar-refractivity contribution in [3.05, 3.63) is 53.3 Å². The Morgan fingerprint density at radius 2 is 2.10 bits per heavy atom. The molecule has 0 aliphatic heterocycles. The number of nitrogens with zero attached hydrogens (tertiary/aromatic N) is 2. The topological polar surface area (TPSA) is 56.1 Å². The monoisotopic (exact) mass is 273 g/mol. The Balaban J connectivity index is 2.29. The highest BCUT2D eigenvalue weighted by Crippen LogP contribution is 2.26. The predicted molar refractivity (Wildman–Crippen MR) is 76.6 cm³/mol. The summed E-state index contributed by atoms with van der Waals surface area (Å²) in [6, 6.07) is 10.1. The zero-order valence-corrected chi connectivity index (χ0v) is 12.0. The molecule has 1 amide bonds. The summed E-state index contributed by atoms with van der Waals surface area (Å²) in [6.07, 6.45) is 1.43. The molecule has 5 nitrogen and oxygen atoms in total. The van der Waals surface area contributed by atoms with Crippen molar-refractivity contribution in [3.8, 4) is 0 Å². The number of benzene rings is 1. The highest BCUT2D eigenvalue weighted by Gasteiger charge is 2.19. The van der Waals surface area contributed by atoms with E-state index in [1.165, 1.54) is 7.11 Å². The summed E-state index contributed by atoms with van der Waals surface area (Å²) in [7, 11) is 3.27. The minimum atomic E-state index is -0.424. The van der Waals surface area contributed by atoms with Crippen LogP contribution in [0.25, 0.3) is 0 Å². The van der Waals surface area contributed by atoms with E-state index in [0.717, 1.165) is 16.8 Å². The number of methoxy groups -OCH3 is 1. The van der Waals surface area contributed by atoms with E-state index in [-0.39, 0.29) is 5.92 Å². The molecule has 0 saturated heterocycles. The second-order valence-corrected chi connectivity index (χ2v) is 4.64. The van der Waals surface area contributed by atoms with Crippen LogP contribution in [0.2, 0.25) is 0 Å². The minimum absolute atomic E-state index is 0.0593. The number of aromatic nitrogens is 2. The van der Waals surface area contributed by atoms with Crippen molar-refractivity contribution in [1.29, 1.82) is 0 Å². The van der Waals surface area contributed by atoms with E-state index in [1.54, 1.807) is 0 Å². The average Bonchev–Trinajstić information content (AvgIpc) is 2.81. The first-order valence-electron chi connectivity index (χ1n) is 6.48. The molecule has 2 rings (SSSR count). The van der Waals surface area contributed by atoms with E-state index in [4.69, 9.17) is 0 Å². The molecule has 0 aliphatic rings. The van der Waals surface area contributed by atoms with E-state index in [1.807, 2.05) is 43.0 Å². The first-order valence-corrected chi connectivity index (χ1v) is 6.48. The van der Waals surface area contributed by atoms with Gasteiger partial charge in [0.1, 0.15) is 0 Å². The van der Waals surface area contributed by atoms with Crippen LogP contribution in [0.4, 0.5) is 4.79 Å². The van der Waals surface area contributed by atoms with Crippen molar-refractivity contribution in [1.82, 2.24) is 15.1 Å². The molecule has 2 aromatic rings. The van der Waals surface area contributed by atoms with Crippen molar-refractivity contribution < 1.29 is 9.53 Å². The van der Waals surface area contributed by atoms with Gasteiger partial charge in [0.25, 0.3) is 0 Å². The Morgan fingerprint density at radius 3 is 2.65 bits per heavy atom. The molecule has 1 unspecified atom stereocenters. The van der Waals surface area contributed by atoms with Gasteiger partial charge in [-0.3, -0.25) is 4.68 Å². The van der Waals surface area contributed by atoms with Gasteiger partial charge >= 0.3 is 6.09 Å². The lowest BCUT2D eigenvalue weighted by Gasteiger charge is -2.17. The average molecular weight is 273 g/mol. The molecule has 1 aromatic carbocycles. The van der Waals surface area contributed by atoms with Crippen LogP contribution in [-0.4, -0.2) is 29.5 Å². The fourth-order valence-corrected chi connectivity index (χ4v) is 2.21. The number of aryl methyl sites for hydroxylation is 1. The van der Waals surface area contributed by atoms with Crippen LogP contribution >= 0.6 is 0 Å². The number of hydrogen-bond donors (Lipinski definition) is 1. The fourth-order valence-electron chi connectivity index (χ4n) is 2.21. The van der Waals surface area contributed by atoms with Crippen LogP contribution in [0.15, 0.2) is 36.5 Å². The molecule has 1 heterocycles. The van der Waals surface area contributed by atoms with Crippen LogP contribution in [0.5, 0.6) is 0 Å². The van der Waals surface area contributed by atoms with Crippen molar-refractivity contribution in [2.45, 2.75) is 12.8 Å². The summed E-state index contributed by atoms with van der Waals surface area (Å²) >= 11 is 0. The number of alkyl carbamates (subject to hydrolysis) is 1. The summed E-state index contributed by atoms with van der Waals surface area (Å²) in [5.74, 6) is 0.0593. The molecule has 106 valence electrons. The zero-order valence-electron chi connectivity index (χ0n) is 12.0. The van der Waals surface area contributed by atoms with Crippen molar-refractivity contribution >= 4 is 6.09 Å². The Hall–Kier alpha value is -2.30. The summed E-state index contributed by atoms with van der Waals surface area (Å²) in [6.45, 7) is 2.50. The number of hydrogen-bond acceptors (Lipinski definition) is 3. The second-order valence-electron chi connectivity index (χ2n) is 4.64. The maximum Gasteiger partial charge on any atom is 0.406 e. The van der Waals surface area contributed by atoms with Gasteiger partial charge in [-0.1, -0.05) is 30.3 Å². The van der Waals surface area contributed by atoms with Gasteiger partial charge in [-0.25, -0.2) is 4.79 Å². The summed E-state index contributed by atoms with van der Waals surface area (Å²) in [4.78, 5) is 11.3. The summed E-state index contributed by atoms with van der Waals surface area (Å²) < 4.78 is 6.47. The first kappa shape index (κ1) is 14.1. The Morgan fingerprint density at radius 1 is 1.40 bits per heavy atom. The number of carbonyl (C=O) groups excluding carboxylic acids is 1. The van der Waals surface area contributed by atoms with Gasteiger partial charge in [0.05, 0.1) is 13.3 Å². The third-order valence-corrected chi connectivity index (χ3v) is 3.49. The molecule has 20 heavy (non-hydrogen) atoms. The van der Waals surface area contributed by atoms with Crippen LogP contribution in [0.1, 0.15) is 22.7 Å². The standard InChI is InChI=1S/C15H19N3O2/c1-11-13(10-17-18(11)2)14(9-16-15(19)20-3)12-7-5-4-6-8-12/h4-8,10,14H,9H2,1-3H3,(H,16,19). The lowest BCUT2D eigenvalue weighted by atomic mass is 9.92. The molecule has 1 N–H and O–H groups in total. The van der Waals surface area contributed by atoms with Crippen LogP contribution in [0.3, 0.4) is 0 Å². The van der Waals surface area contributed by atoms with E-state index in [0.29, 0.717) is 6.54 Å². The molecule has 0 bridgehead atoms. The number of amides is 1. The zero-order chi connectivity index (χ0) is 14.5. The molecule has 5 heteroatoms. The molecule has 0 aliphatic carbocycles. The molecular formula is C15H19N3O2. The molecule has 0 saturated carbocycles. The SMILES string of the molecule is COC(=O)NCC(c1ccccc1)c1cnn(C)c1C. The van der Waals surface area contributed by atoms with Crippen LogP contribution < -0.4 is 5.32 Å². The normalized spacial score (nSPS) is 11.9. The second kappa shape index (κ2) is 6.23. The predicted octanol–water partition coefficient (Wildman–Crippen LogP) is 2.22. The number of rotatable bonds is 4. The number of nitrogens with one attached hydrogen (secondary N) is 1. The Labute approximate surface area is 118 Å². The van der Waals surface area contributed by atoms with E-state index in [2.05, 4.69) is 27.3 Å². The molecular weight excluding hydrogens is 254 g/mol. The van der Waals surface area contributed by atoms with Crippen molar-refractivity contribution in [2.24, 2.45) is 7.05 Å². The third-order valence-electron chi connectivity index (χ3n) is 3.49. The molecule has 0 fully saturated rings. The summed E-state index contributed by atoms with van der Waals surface area (Å²) in [5, 5.41) is 7.05. The smallest absolute Gasteiger partial charge is 0.406 e. The molecule has 1 aromatic heterocycles. The van der Waals surface area contributed by atoms with E-state index >= 15 is 0 Å². The maximum atomic E-state index is 11.3. The van der Waals surface area contributed by atoms with Gasteiger partial charge in [-0.05, 0) is 12.5 Å². The van der Waals surface area contributed by atoms with Gasteiger partial charge in [0.15, 0.2) is 0 Å². The van der Waals surface area contributed by atoms with Crippen molar-refractivity contribution in [2.75, 3.05) is 13.7 Å². The highest BCUT2D eigenvalue weighted by atomic mass is 16.5. The fraction of sp³-hybridized carbons (Fsp3) is 0.333. The Kier molecular flexibility index (Phi) is 4.40. The van der Waals surface area contributed by atoms with E-state index < -0.39 is 6.09 Å². The van der Waals surface area contributed by atoms with E-state index in [9.17, 15) is 4.79 Å².